The van der Waals surface area contributed by atoms with Gasteiger partial charge in [0.25, 0.3) is 0 Å². The third kappa shape index (κ3) is 2.33. The lowest BCUT2D eigenvalue weighted by Crippen LogP contribution is -2.39. The van der Waals surface area contributed by atoms with E-state index in [1.54, 1.807) is 0 Å². The molecule has 0 radical (unpaired) electrons. The maximum Gasteiger partial charge on any atom is 0.106 e. The van der Waals surface area contributed by atoms with Gasteiger partial charge in [-0.25, -0.2) is 4.98 Å². The fourth-order valence-electron chi connectivity index (χ4n) is 3.59. The van der Waals surface area contributed by atoms with Crippen molar-refractivity contribution in [1.82, 2.24) is 4.98 Å². The molecule has 20 heavy (non-hydrogen) atoms. The molecule has 0 N–H and O–H groups in total. The fraction of sp³-hybridized carbons (Fsp3) is 0.625. The molecule has 1 fully saturated rings. The zero-order valence-corrected chi connectivity index (χ0v) is 13.7. The highest BCUT2D eigenvalue weighted by atomic mass is 79.9. The van der Waals surface area contributed by atoms with Crippen LogP contribution in [0.5, 0.6) is 0 Å². The third-order valence-corrected chi connectivity index (χ3v) is 5.12. The quantitative estimate of drug-likeness (QED) is 0.728. The molecule has 2 aliphatic rings. The van der Waals surface area contributed by atoms with Crippen molar-refractivity contribution in [1.29, 1.82) is 5.26 Å². The van der Waals surface area contributed by atoms with Crippen LogP contribution in [0.1, 0.15) is 45.2 Å². The highest BCUT2D eigenvalue weighted by Crippen LogP contribution is 2.43. The van der Waals surface area contributed by atoms with Crippen molar-refractivity contribution in [3.8, 4) is 6.07 Å². The lowest BCUT2D eigenvalue weighted by atomic mass is 9.86. The Kier molecular flexibility index (Phi) is 3.50. The standard InChI is InChI=1S/C16H20BrN3/c1-16(2)10-20(12-5-3-11(9-18)4-6-12)13-7-8-14(17)19-15(13)16/h7-8,11-12H,3-6,10H2,1-2H3. The molecule has 0 unspecified atom stereocenters. The number of nitriles is 1. The van der Waals surface area contributed by atoms with Crippen molar-refractivity contribution >= 4 is 21.6 Å². The summed E-state index contributed by atoms with van der Waals surface area (Å²) in [5.41, 5.74) is 2.60. The summed E-state index contributed by atoms with van der Waals surface area (Å²) in [4.78, 5) is 7.24. The zero-order valence-electron chi connectivity index (χ0n) is 12.1. The zero-order chi connectivity index (χ0) is 14.3. The summed E-state index contributed by atoms with van der Waals surface area (Å²) in [5, 5.41) is 9.04. The number of halogens is 1. The number of aromatic nitrogens is 1. The number of nitrogens with zero attached hydrogens (tertiary/aromatic N) is 3. The van der Waals surface area contributed by atoms with Crippen molar-refractivity contribution in [2.24, 2.45) is 5.92 Å². The van der Waals surface area contributed by atoms with Gasteiger partial charge in [-0.1, -0.05) is 13.8 Å². The summed E-state index contributed by atoms with van der Waals surface area (Å²) in [7, 11) is 0. The Morgan fingerprint density at radius 3 is 2.65 bits per heavy atom. The average molecular weight is 334 g/mol. The van der Waals surface area contributed by atoms with Gasteiger partial charge in [0.15, 0.2) is 0 Å². The first kappa shape index (κ1) is 13.9. The summed E-state index contributed by atoms with van der Waals surface area (Å²) < 4.78 is 0.916. The molecule has 106 valence electrons. The molecule has 0 saturated heterocycles. The van der Waals surface area contributed by atoms with Crippen LogP contribution < -0.4 is 4.90 Å². The van der Waals surface area contributed by atoms with Crippen LogP contribution in [-0.2, 0) is 5.41 Å². The second-order valence-corrected chi connectivity index (χ2v) is 7.46. The van der Waals surface area contributed by atoms with E-state index in [1.165, 1.54) is 11.4 Å². The van der Waals surface area contributed by atoms with Gasteiger partial charge in [-0.2, -0.15) is 5.26 Å². The maximum absolute atomic E-state index is 9.04. The molecule has 0 atom stereocenters. The first-order valence-electron chi connectivity index (χ1n) is 7.34. The Morgan fingerprint density at radius 2 is 2.00 bits per heavy atom. The molecular formula is C16H20BrN3. The molecule has 0 bridgehead atoms. The summed E-state index contributed by atoms with van der Waals surface area (Å²) in [6, 6.07) is 7.22. The number of hydrogen-bond donors (Lipinski definition) is 0. The van der Waals surface area contributed by atoms with E-state index in [0.717, 1.165) is 36.8 Å². The lowest BCUT2D eigenvalue weighted by Gasteiger charge is -2.35. The molecule has 3 rings (SSSR count). The SMILES string of the molecule is CC1(C)CN(C2CCC(C#N)CC2)c2ccc(Br)nc21. The van der Waals surface area contributed by atoms with E-state index >= 15 is 0 Å². The summed E-state index contributed by atoms with van der Waals surface area (Å²) in [6.07, 6.45) is 4.34. The number of rotatable bonds is 1. The minimum Gasteiger partial charge on any atom is -0.366 e. The molecule has 4 heteroatoms. The number of fused-ring (bicyclic) bond motifs is 1. The van der Waals surface area contributed by atoms with Gasteiger partial charge in [0.2, 0.25) is 0 Å². The monoisotopic (exact) mass is 333 g/mol. The largest absolute Gasteiger partial charge is 0.366 e. The van der Waals surface area contributed by atoms with Crippen molar-refractivity contribution < 1.29 is 0 Å². The van der Waals surface area contributed by atoms with E-state index in [2.05, 4.69) is 46.8 Å². The summed E-state index contributed by atoms with van der Waals surface area (Å²) in [6.45, 7) is 5.58. The number of pyridine rings is 1. The van der Waals surface area contributed by atoms with E-state index in [9.17, 15) is 0 Å². The highest BCUT2D eigenvalue weighted by Gasteiger charge is 2.40. The first-order chi connectivity index (χ1) is 9.51. The van der Waals surface area contributed by atoms with Crippen molar-refractivity contribution in [3.63, 3.8) is 0 Å². The van der Waals surface area contributed by atoms with Gasteiger partial charge >= 0.3 is 0 Å². The molecule has 1 aliphatic heterocycles. The second kappa shape index (κ2) is 5.04. The second-order valence-electron chi connectivity index (χ2n) is 6.65. The van der Waals surface area contributed by atoms with E-state index in [0.29, 0.717) is 6.04 Å². The Labute approximate surface area is 129 Å². The Morgan fingerprint density at radius 1 is 1.30 bits per heavy atom. The Bertz CT molecular complexity index is 553. The minimum absolute atomic E-state index is 0.102. The topological polar surface area (TPSA) is 39.9 Å². The summed E-state index contributed by atoms with van der Waals surface area (Å²) in [5.74, 6) is 0.268. The van der Waals surface area contributed by atoms with Crippen LogP contribution in [0.25, 0.3) is 0 Å². The van der Waals surface area contributed by atoms with Gasteiger partial charge < -0.3 is 4.90 Å². The van der Waals surface area contributed by atoms with Crippen LogP contribution in [0.15, 0.2) is 16.7 Å². The van der Waals surface area contributed by atoms with E-state index in [1.807, 2.05) is 6.07 Å². The van der Waals surface area contributed by atoms with Gasteiger partial charge in [0.1, 0.15) is 4.60 Å². The maximum atomic E-state index is 9.04. The Hall–Kier alpha value is -1.08. The molecule has 1 aliphatic carbocycles. The van der Waals surface area contributed by atoms with Gasteiger partial charge in [0, 0.05) is 23.9 Å². The van der Waals surface area contributed by atoms with E-state index < -0.39 is 0 Å². The average Bonchev–Trinajstić information content (AvgIpc) is 2.71. The van der Waals surface area contributed by atoms with Crippen molar-refractivity contribution in [3.05, 3.63) is 22.4 Å². The molecule has 0 aromatic carbocycles. The Balaban J connectivity index is 1.86. The molecule has 3 nitrogen and oxygen atoms in total. The van der Waals surface area contributed by atoms with E-state index in [-0.39, 0.29) is 11.3 Å². The molecule has 1 saturated carbocycles. The van der Waals surface area contributed by atoms with Crippen LogP contribution in [0.3, 0.4) is 0 Å². The molecular weight excluding hydrogens is 314 g/mol. The first-order valence-corrected chi connectivity index (χ1v) is 8.14. The molecule has 1 aromatic rings. The van der Waals surface area contributed by atoms with Gasteiger partial charge in [-0.05, 0) is 53.7 Å². The van der Waals surface area contributed by atoms with Gasteiger partial charge in [-0.15, -0.1) is 0 Å². The highest BCUT2D eigenvalue weighted by molar-refractivity contribution is 9.10. The minimum atomic E-state index is 0.102. The number of anilines is 1. The molecule has 0 spiro atoms. The predicted octanol–water partition coefficient (Wildman–Crippen LogP) is 4.02. The van der Waals surface area contributed by atoms with Crippen LogP contribution in [0.4, 0.5) is 5.69 Å². The van der Waals surface area contributed by atoms with Crippen LogP contribution in [0, 0.1) is 17.2 Å². The van der Waals surface area contributed by atoms with Gasteiger partial charge in [-0.3, -0.25) is 0 Å². The van der Waals surface area contributed by atoms with Crippen molar-refractivity contribution in [2.75, 3.05) is 11.4 Å². The number of hydrogen-bond acceptors (Lipinski definition) is 3. The lowest BCUT2D eigenvalue weighted by molar-refractivity contribution is 0.357. The molecule has 1 aromatic heterocycles. The van der Waals surface area contributed by atoms with Crippen LogP contribution in [0.2, 0.25) is 0 Å². The van der Waals surface area contributed by atoms with Crippen molar-refractivity contribution in [2.45, 2.75) is 51.0 Å². The fourth-order valence-corrected chi connectivity index (χ4v) is 3.90. The predicted molar refractivity (Wildman–Crippen MR) is 83.7 cm³/mol. The molecule has 0 amide bonds. The van der Waals surface area contributed by atoms with Gasteiger partial charge in [0.05, 0.1) is 17.5 Å². The smallest absolute Gasteiger partial charge is 0.106 e. The molecule has 2 heterocycles. The van der Waals surface area contributed by atoms with E-state index in [4.69, 9.17) is 10.2 Å². The third-order valence-electron chi connectivity index (χ3n) is 4.68. The van der Waals surface area contributed by atoms with Crippen LogP contribution in [-0.4, -0.2) is 17.6 Å². The summed E-state index contributed by atoms with van der Waals surface area (Å²) >= 11 is 3.48. The van der Waals surface area contributed by atoms with Crippen LogP contribution >= 0.6 is 15.9 Å². The normalized spacial score (nSPS) is 28.0.